The Labute approximate surface area is 289 Å². The maximum atomic E-state index is 15.9. The van der Waals surface area contributed by atoms with E-state index in [4.69, 9.17) is 0 Å². The number of alkyl halides is 37. The molecule has 0 aromatic rings. The van der Waals surface area contributed by atoms with Crippen LogP contribution in [0, 0.1) is 0 Å². The second kappa shape index (κ2) is 13.7. The summed E-state index contributed by atoms with van der Waals surface area (Å²) in [7, 11) is -41.1. The van der Waals surface area contributed by atoms with E-state index < -0.39 is 114 Å². The predicted octanol–water partition coefficient (Wildman–Crippen LogP) is 11.6. The van der Waals surface area contributed by atoms with Crippen LogP contribution < -0.4 is 0 Å². The molecule has 0 radical (unpaired) electrons. The first-order valence-corrected chi connectivity index (χ1v) is 17.3. The molecule has 0 rings (SSSR count). The molecular weight excluding hydrogens is 1020 g/mol. The van der Waals surface area contributed by atoms with Crippen LogP contribution in [0.15, 0.2) is 0 Å². The molecule has 0 spiro atoms. The highest BCUT2D eigenvalue weighted by Crippen LogP contribution is 2.68. The van der Waals surface area contributed by atoms with Gasteiger partial charge in [0, 0.05) is 0 Å². The Morgan fingerprint density at radius 1 is 0.207 bits per heavy atom. The summed E-state index contributed by atoms with van der Waals surface area (Å²) < 4.78 is 524. The van der Waals surface area contributed by atoms with Gasteiger partial charge in [-0.2, -0.15) is 162 Å². The van der Waals surface area contributed by atoms with Gasteiger partial charge >= 0.3 is 114 Å². The summed E-state index contributed by atoms with van der Waals surface area (Å²) in [6, 6.07) is 0. The van der Waals surface area contributed by atoms with E-state index in [2.05, 4.69) is 0 Å². The fourth-order valence-corrected chi connectivity index (χ4v) is 16.7. The van der Waals surface area contributed by atoms with Crippen molar-refractivity contribution in [3.05, 3.63) is 0 Å². The number of hydrogen-bond donors (Lipinski definition) is 0. The van der Waals surface area contributed by atoms with Gasteiger partial charge in [0.25, 0.3) is 0 Å². The third kappa shape index (κ3) is 7.19. The van der Waals surface area contributed by atoms with Crippen molar-refractivity contribution in [2.75, 3.05) is 0 Å². The van der Waals surface area contributed by atoms with Crippen LogP contribution >= 0.6 is 0 Å². The van der Waals surface area contributed by atoms with Crippen molar-refractivity contribution in [2.45, 2.75) is 88.0 Å². The van der Waals surface area contributed by atoms with Gasteiger partial charge in [-0.1, -0.05) is 0 Å². The van der Waals surface area contributed by atoms with Crippen LogP contribution in [0.4, 0.5) is 167 Å². The molecule has 58 heavy (non-hydrogen) atoms. The molecule has 0 N–H and O–H groups in total. The third-order valence-corrected chi connectivity index (χ3v) is 19.1. The SMILES string of the molecule is FC(F)(F)C(F)(F)C(F)(F)[Si](F)(O[Si](C(F)(F)C(F)(F)F)(C(F)(F)C(F)(F)F)C(F)(F)C(F)(F)F)O[Si](C(F)(F)C(F)(F)F)(C(F)(F)C(F)(F)F)C(F)(F)C(F)(F)F. The fourth-order valence-electron chi connectivity index (χ4n) is 3.67. The normalized spacial score (nSPS) is 17.3. The average molecular weight is 1020 g/mol. The number of rotatable bonds is 12. The van der Waals surface area contributed by atoms with Crippen molar-refractivity contribution < 1.29 is 175 Å². The lowest BCUT2D eigenvalue weighted by Gasteiger charge is -2.52. The summed E-state index contributed by atoms with van der Waals surface area (Å²) in [5.74, 6) is -10.0. The van der Waals surface area contributed by atoms with E-state index >= 15 is 4.11 Å². The van der Waals surface area contributed by atoms with Crippen LogP contribution in [0.3, 0.4) is 0 Å². The topological polar surface area (TPSA) is 18.5 Å². The summed E-state index contributed by atoms with van der Waals surface area (Å²) in [6.07, 6.45) is -67.2. The van der Waals surface area contributed by atoms with Crippen molar-refractivity contribution in [1.29, 1.82) is 0 Å². The lowest BCUT2D eigenvalue weighted by Crippen LogP contribution is -2.92. The summed E-state index contributed by atoms with van der Waals surface area (Å²) >= 11 is 0. The van der Waals surface area contributed by atoms with E-state index in [1.807, 2.05) is 0 Å². The zero-order valence-electron chi connectivity index (χ0n) is 24.2. The number of hydrogen-bond acceptors (Lipinski definition) is 2. The van der Waals surface area contributed by atoms with E-state index in [9.17, 15) is 162 Å². The van der Waals surface area contributed by atoms with E-state index in [1.54, 1.807) is 0 Å². The molecule has 350 valence electrons. The van der Waals surface area contributed by atoms with Crippen molar-refractivity contribution in [3.63, 3.8) is 0 Å². The molecule has 0 aliphatic carbocycles. The monoisotopic (exact) mass is 1020 g/mol. The summed E-state index contributed by atoms with van der Waals surface area (Å²) in [5, 5.41) is 0. The molecule has 0 saturated carbocycles. The van der Waals surface area contributed by atoms with Crippen LogP contribution in [0.2, 0.25) is 0 Å². The Hall–Kier alpha value is -2.09. The maximum Gasteiger partial charge on any atom is 0.600 e. The Morgan fingerprint density at radius 3 is 0.448 bits per heavy atom. The molecule has 0 aromatic carbocycles. The molecule has 0 fully saturated rings. The van der Waals surface area contributed by atoms with Crippen molar-refractivity contribution in [1.82, 2.24) is 0 Å². The molecule has 0 saturated heterocycles. The second-order valence-electron chi connectivity index (χ2n) is 10.2. The van der Waals surface area contributed by atoms with Gasteiger partial charge in [0.2, 0.25) is 0 Å². The maximum absolute atomic E-state index is 15.9. The zero-order chi connectivity index (χ0) is 48.4. The third-order valence-electron chi connectivity index (χ3n) is 6.48. The van der Waals surface area contributed by atoms with E-state index in [1.165, 1.54) is 0 Å². The molecule has 0 aromatic heterocycles. The first-order valence-electron chi connectivity index (χ1n) is 11.7. The Kier molecular flexibility index (Phi) is 13.2. The Balaban J connectivity index is 10.5. The minimum absolute atomic E-state index is 0.507. The smallest absolute Gasteiger partial charge is 0.395 e. The van der Waals surface area contributed by atoms with Crippen LogP contribution in [0.1, 0.15) is 0 Å². The van der Waals surface area contributed by atoms with E-state index in [0.717, 1.165) is 0 Å². The van der Waals surface area contributed by atoms with Crippen molar-refractivity contribution in [2.24, 2.45) is 0 Å². The van der Waals surface area contributed by atoms with Crippen molar-refractivity contribution >= 4 is 25.5 Å². The first kappa shape index (κ1) is 55.9. The van der Waals surface area contributed by atoms with E-state index in [0.29, 0.717) is 8.23 Å². The molecule has 0 aliphatic rings. The molecular formula is C15F38O2Si3. The lowest BCUT2D eigenvalue weighted by atomic mass is 10.3. The van der Waals surface area contributed by atoms with Gasteiger partial charge < -0.3 is 8.23 Å². The summed E-state index contributed by atoms with van der Waals surface area (Å²) in [6.45, 7) is 0. The van der Waals surface area contributed by atoms with Crippen molar-refractivity contribution in [3.8, 4) is 0 Å². The molecule has 0 bridgehead atoms. The minimum Gasteiger partial charge on any atom is -0.395 e. The first-order chi connectivity index (χ1) is 24.2. The fraction of sp³-hybridized carbons (Fsp3) is 1.00. The van der Waals surface area contributed by atoms with Gasteiger partial charge in [-0.05, 0) is 0 Å². The van der Waals surface area contributed by atoms with Gasteiger partial charge in [0.1, 0.15) is 0 Å². The quantitative estimate of drug-likeness (QED) is 0.110. The predicted molar refractivity (Wildman–Crippen MR) is 103 cm³/mol. The van der Waals surface area contributed by atoms with Crippen LogP contribution in [0.25, 0.3) is 0 Å². The molecule has 0 amide bonds. The standard InChI is InChI=1S/C15F38O2Si3/c16-1(17,2(18,19)20)9(39,40)58(53,54-56(10(41,42)3(21,22)23,11(43,44)4(24,25)26)12(45,46)5(27,28)29)55-57(13(47,48)6(30,31)32,14(49,50)7(33,34)35)15(51,52)8(36,37)38. The largest absolute Gasteiger partial charge is 0.600 e. The molecule has 0 heterocycles. The highest BCUT2D eigenvalue weighted by Gasteiger charge is 3.07. The van der Waals surface area contributed by atoms with Crippen LogP contribution in [0.5, 0.6) is 0 Å². The molecule has 0 atom stereocenters. The van der Waals surface area contributed by atoms with E-state index in [-0.39, 0.29) is 0 Å². The van der Waals surface area contributed by atoms with Gasteiger partial charge in [0.15, 0.2) is 0 Å². The Morgan fingerprint density at radius 2 is 0.345 bits per heavy atom. The summed E-state index contributed by atoms with van der Waals surface area (Å²) in [4.78, 5) is 0. The lowest BCUT2D eigenvalue weighted by molar-refractivity contribution is -0.345. The molecule has 0 aliphatic heterocycles. The Bertz CT molecular complexity index is 1250. The van der Waals surface area contributed by atoms with Gasteiger partial charge in [-0.25, -0.2) is 4.11 Å². The van der Waals surface area contributed by atoms with Gasteiger partial charge in [-0.15, -0.1) is 0 Å². The highest BCUT2D eigenvalue weighted by atomic mass is 28.5. The number of halogens is 38. The van der Waals surface area contributed by atoms with Gasteiger partial charge in [0.05, 0.1) is 0 Å². The molecule has 0 unspecified atom stereocenters. The minimum atomic E-state index is -13.7. The van der Waals surface area contributed by atoms with Gasteiger partial charge in [-0.3, -0.25) is 0 Å². The van der Waals surface area contributed by atoms with Crippen LogP contribution in [-0.4, -0.2) is 114 Å². The average Bonchev–Trinajstić information content (AvgIpc) is 2.89. The molecule has 2 nitrogen and oxygen atoms in total. The highest BCUT2D eigenvalue weighted by molar-refractivity contribution is 6.93. The molecule has 43 heteroatoms. The zero-order valence-corrected chi connectivity index (χ0v) is 27.2. The summed E-state index contributed by atoms with van der Waals surface area (Å²) in [5.41, 5.74) is -73.4. The second-order valence-corrected chi connectivity index (χ2v) is 20.0. The van der Waals surface area contributed by atoms with Crippen LogP contribution in [-0.2, 0) is 8.23 Å².